The minimum atomic E-state index is 0.595. The number of fused-ring (bicyclic) bond motifs is 1. The Morgan fingerprint density at radius 3 is 2.76 bits per heavy atom. The second-order valence-corrected chi connectivity index (χ2v) is 6.61. The highest BCUT2D eigenvalue weighted by atomic mass is 35.5. The Bertz CT molecular complexity index is 760. The first-order chi connectivity index (χ1) is 10.2. The number of benzene rings is 1. The minimum Gasteiger partial charge on any atom is -0.327 e. The second kappa shape index (κ2) is 6.16. The van der Waals surface area contributed by atoms with Crippen molar-refractivity contribution in [2.24, 2.45) is 0 Å². The number of hydrogen-bond acceptors (Lipinski definition) is 3. The molecule has 0 bridgehead atoms. The van der Waals surface area contributed by atoms with Crippen molar-refractivity contribution in [2.75, 3.05) is 5.88 Å². The van der Waals surface area contributed by atoms with Gasteiger partial charge in [-0.2, -0.15) is 0 Å². The Morgan fingerprint density at radius 2 is 2.05 bits per heavy atom. The van der Waals surface area contributed by atoms with Crippen LogP contribution >= 0.6 is 22.9 Å². The molecule has 0 radical (unpaired) electrons. The van der Waals surface area contributed by atoms with Crippen LogP contribution in [0.25, 0.3) is 11.0 Å². The molecule has 3 nitrogen and oxygen atoms in total. The maximum atomic E-state index is 5.93. The van der Waals surface area contributed by atoms with E-state index in [1.807, 2.05) is 6.92 Å². The fourth-order valence-corrected chi connectivity index (χ4v) is 3.50. The molecule has 0 saturated heterocycles. The van der Waals surface area contributed by atoms with E-state index in [-0.39, 0.29) is 0 Å². The lowest BCUT2D eigenvalue weighted by molar-refractivity contribution is 0.666. The van der Waals surface area contributed by atoms with E-state index in [2.05, 4.69) is 40.1 Å². The summed E-state index contributed by atoms with van der Waals surface area (Å²) in [6.07, 6.45) is 1.73. The Morgan fingerprint density at radius 1 is 1.19 bits per heavy atom. The summed E-state index contributed by atoms with van der Waals surface area (Å²) in [4.78, 5) is 9.29. The van der Waals surface area contributed by atoms with Gasteiger partial charge in [0.2, 0.25) is 0 Å². The van der Waals surface area contributed by atoms with Crippen LogP contribution in [-0.4, -0.2) is 20.4 Å². The first-order valence-corrected chi connectivity index (χ1v) is 8.52. The smallest absolute Gasteiger partial charge is 0.111 e. The van der Waals surface area contributed by atoms with Crippen molar-refractivity contribution in [2.45, 2.75) is 33.2 Å². The van der Waals surface area contributed by atoms with Crippen LogP contribution < -0.4 is 0 Å². The van der Waals surface area contributed by atoms with Gasteiger partial charge >= 0.3 is 0 Å². The van der Waals surface area contributed by atoms with E-state index in [9.17, 15) is 0 Å². The summed E-state index contributed by atoms with van der Waals surface area (Å²) in [5.74, 6) is 1.67. The first-order valence-electron chi connectivity index (χ1n) is 7.10. The zero-order valence-corrected chi connectivity index (χ0v) is 13.8. The van der Waals surface area contributed by atoms with Crippen LogP contribution in [0.4, 0.5) is 0 Å². The van der Waals surface area contributed by atoms with Gasteiger partial charge < -0.3 is 4.57 Å². The van der Waals surface area contributed by atoms with Crippen molar-refractivity contribution in [1.82, 2.24) is 14.5 Å². The average molecular weight is 320 g/mol. The number of aromatic nitrogens is 3. The van der Waals surface area contributed by atoms with Crippen molar-refractivity contribution in [3.8, 4) is 0 Å². The third kappa shape index (κ3) is 2.97. The summed E-state index contributed by atoms with van der Waals surface area (Å²) in [6, 6.07) is 6.27. The summed E-state index contributed by atoms with van der Waals surface area (Å²) >= 11 is 7.64. The molecule has 5 heteroatoms. The number of aryl methyl sites for hydroxylation is 5. The van der Waals surface area contributed by atoms with Crippen molar-refractivity contribution < 1.29 is 0 Å². The van der Waals surface area contributed by atoms with Gasteiger partial charge in [-0.1, -0.05) is 12.1 Å². The molecule has 0 N–H and O–H groups in total. The molecule has 0 unspecified atom stereocenters. The lowest BCUT2D eigenvalue weighted by Crippen LogP contribution is -2.08. The average Bonchev–Trinajstić information content (AvgIpc) is 3.01. The highest BCUT2D eigenvalue weighted by Gasteiger charge is 2.12. The van der Waals surface area contributed by atoms with Gasteiger partial charge in [0.15, 0.2) is 0 Å². The van der Waals surface area contributed by atoms with Crippen molar-refractivity contribution in [1.29, 1.82) is 0 Å². The van der Waals surface area contributed by atoms with E-state index in [0.29, 0.717) is 5.88 Å². The largest absolute Gasteiger partial charge is 0.327 e. The van der Waals surface area contributed by atoms with Gasteiger partial charge in [-0.05, 0) is 25.5 Å². The fourth-order valence-electron chi connectivity index (χ4n) is 2.68. The van der Waals surface area contributed by atoms with Crippen LogP contribution in [0.1, 0.15) is 22.1 Å². The normalized spacial score (nSPS) is 11.4. The van der Waals surface area contributed by atoms with Gasteiger partial charge in [-0.15, -0.1) is 22.9 Å². The standard InChI is InChI=1S/C16H18ClN3S/c1-11-4-3-5-14-16(11)20(15(19-14)6-8-17)9-7-13-10-21-12(2)18-13/h3-5,10H,6-9H2,1-2H3. The number of alkyl halides is 1. The van der Waals surface area contributed by atoms with Crippen molar-refractivity contribution >= 4 is 34.0 Å². The monoisotopic (exact) mass is 319 g/mol. The number of para-hydroxylation sites is 1. The molecule has 0 aliphatic heterocycles. The Balaban J connectivity index is 1.96. The van der Waals surface area contributed by atoms with E-state index in [1.165, 1.54) is 11.1 Å². The minimum absolute atomic E-state index is 0.595. The van der Waals surface area contributed by atoms with E-state index >= 15 is 0 Å². The topological polar surface area (TPSA) is 30.7 Å². The molecule has 0 amide bonds. The molecular formula is C16H18ClN3S. The number of thiazole rings is 1. The molecule has 2 heterocycles. The Labute approximate surface area is 133 Å². The lowest BCUT2D eigenvalue weighted by atomic mass is 10.2. The van der Waals surface area contributed by atoms with Gasteiger partial charge in [0.05, 0.1) is 21.7 Å². The van der Waals surface area contributed by atoms with Crippen LogP contribution in [0.3, 0.4) is 0 Å². The molecule has 2 aromatic heterocycles. The highest BCUT2D eigenvalue weighted by Crippen LogP contribution is 2.21. The number of hydrogen-bond donors (Lipinski definition) is 0. The lowest BCUT2D eigenvalue weighted by Gasteiger charge is -2.09. The summed E-state index contributed by atoms with van der Waals surface area (Å²) in [5.41, 5.74) is 4.70. The van der Waals surface area contributed by atoms with E-state index in [0.717, 1.165) is 41.4 Å². The van der Waals surface area contributed by atoms with Crippen LogP contribution in [0.5, 0.6) is 0 Å². The molecule has 1 aromatic carbocycles. The quantitative estimate of drug-likeness (QED) is 0.662. The fraction of sp³-hybridized carbons (Fsp3) is 0.375. The zero-order chi connectivity index (χ0) is 14.8. The van der Waals surface area contributed by atoms with Crippen LogP contribution in [0, 0.1) is 13.8 Å². The van der Waals surface area contributed by atoms with Crippen molar-refractivity contribution in [3.63, 3.8) is 0 Å². The predicted molar refractivity (Wildman–Crippen MR) is 89.4 cm³/mol. The molecule has 0 aliphatic rings. The molecule has 21 heavy (non-hydrogen) atoms. The van der Waals surface area contributed by atoms with Crippen LogP contribution in [-0.2, 0) is 19.4 Å². The van der Waals surface area contributed by atoms with Crippen LogP contribution in [0.15, 0.2) is 23.6 Å². The molecule has 0 spiro atoms. The molecule has 0 aliphatic carbocycles. The zero-order valence-electron chi connectivity index (χ0n) is 12.3. The number of imidazole rings is 1. The maximum absolute atomic E-state index is 5.93. The molecule has 3 rings (SSSR count). The predicted octanol–water partition coefficient (Wildman–Crippen LogP) is 4.13. The Kier molecular flexibility index (Phi) is 4.27. The molecule has 3 aromatic rings. The number of rotatable bonds is 5. The molecule has 0 saturated carbocycles. The molecule has 0 atom stereocenters. The van der Waals surface area contributed by atoms with Gasteiger partial charge in [0.1, 0.15) is 5.82 Å². The molecule has 0 fully saturated rings. The van der Waals surface area contributed by atoms with E-state index in [4.69, 9.17) is 16.6 Å². The van der Waals surface area contributed by atoms with E-state index < -0.39 is 0 Å². The highest BCUT2D eigenvalue weighted by molar-refractivity contribution is 7.09. The van der Waals surface area contributed by atoms with Crippen LogP contribution in [0.2, 0.25) is 0 Å². The third-order valence-corrected chi connectivity index (χ3v) is 4.63. The number of nitrogens with zero attached hydrogens (tertiary/aromatic N) is 3. The van der Waals surface area contributed by atoms with Gasteiger partial charge in [0.25, 0.3) is 0 Å². The summed E-state index contributed by atoms with van der Waals surface area (Å²) < 4.78 is 2.31. The first kappa shape index (κ1) is 14.5. The van der Waals surface area contributed by atoms with E-state index in [1.54, 1.807) is 11.3 Å². The summed E-state index contributed by atoms with van der Waals surface area (Å²) in [5, 5.41) is 3.26. The van der Waals surface area contributed by atoms with Gasteiger partial charge in [-0.25, -0.2) is 9.97 Å². The summed E-state index contributed by atoms with van der Waals surface area (Å²) in [7, 11) is 0. The molecule has 110 valence electrons. The van der Waals surface area contributed by atoms with Gasteiger partial charge in [0, 0.05) is 30.6 Å². The SMILES string of the molecule is Cc1nc(CCn2c(CCCl)nc3cccc(C)c32)cs1. The third-order valence-electron chi connectivity index (χ3n) is 3.62. The Hall–Kier alpha value is -1.39. The van der Waals surface area contributed by atoms with Crippen molar-refractivity contribution in [3.05, 3.63) is 45.7 Å². The summed E-state index contributed by atoms with van der Waals surface area (Å²) in [6.45, 7) is 5.08. The molecular weight excluding hydrogens is 302 g/mol. The maximum Gasteiger partial charge on any atom is 0.111 e. The second-order valence-electron chi connectivity index (χ2n) is 5.17. The number of halogens is 1. The van der Waals surface area contributed by atoms with Gasteiger partial charge in [-0.3, -0.25) is 0 Å².